The van der Waals surface area contributed by atoms with E-state index in [2.05, 4.69) is 15.3 Å². The number of pyridine rings is 1. The van der Waals surface area contributed by atoms with Crippen molar-refractivity contribution in [1.29, 1.82) is 0 Å². The second kappa shape index (κ2) is 4.40. The van der Waals surface area contributed by atoms with Gasteiger partial charge in [0.1, 0.15) is 6.10 Å². The maximum absolute atomic E-state index is 10.2. The van der Waals surface area contributed by atoms with E-state index in [9.17, 15) is 5.11 Å². The Morgan fingerprint density at radius 1 is 1.44 bits per heavy atom. The average molecular weight is 218 g/mol. The van der Waals surface area contributed by atoms with Gasteiger partial charge in [-0.15, -0.1) is 5.10 Å². The van der Waals surface area contributed by atoms with Gasteiger partial charge in [-0.2, -0.15) is 0 Å². The van der Waals surface area contributed by atoms with Crippen molar-refractivity contribution in [3.05, 3.63) is 41.5 Å². The highest BCUT2D eigenvalue weighted by molar-refractivity contribution is 5.30. The topological polar surface area (TPSA) is 63.8 Å². The summed E-state index contributed by atoms with van der Waals surface area (Å²) in [5, 5.41) is 17.8. The first kappa shape index (κ1) is 10.8. The van der Waals surface area contributed by atoms with Crippen LogP contribution in [0.2, 0.25) is 0 Å². The van der Waals surface area contributed by atoms with Gasteiger partial charge >= 0.3 is 0 Å². The third kappa shape index (κ3) is 1.81. The first-order valence-electron chi connectivity index (χ1n) is 5.19. The van der Waals surface area contributed by atoms with E-state index in [1.807, 2.05) is 13.0 Å². The van der Waals surface area contributed by atoms with Crippen LogP contribution in [-0.2, 0) is 13.5 Å². The Bertz CT molecular complexity index is 480. The van der Waals surface area contributed by atoms with Crippen LogP contribution in [0.4, 0.5) is 0 Å². The highest BCUT2D eigenvalue weighted by Crippen LogP contribution is 2.23. The Kier molecular flexibility index (Phi) is 2.96. The fraction of sp³-hybridized carbons (Fsp3) is 0.364. The smallest absolute Gasteiger partial charge is 0.123 e. The summed E-state index contributed by atoms with van der Waals surface area (Å²) in [6, 6.07) is 1.83. The van der Waals surface area contributed by atoms with Crippen molar-refractivity contribution < 1.29 is 5.11 Å². The molecule has 2 aromatic heterocycles. The van der Waals surface area contributed by atoms with Crippen LogP contribution in [-0.4, -0.2) is 25.1 Å². The molecule has 0 radical (unpaired) electrons. The minimum Gasteiger partial charge on any atom is -0.382 e. The Balaban J connectivity index is 2.41. The Hall–Kier alpha value is -1.75. The molecule has 84 valence electrons. The van der Waals surface area contributed by atoms with Crippen LogP contribution < -0.4 is 0 Å². The summed E-state index contributed by atoms with van der Waals surface area (Å²) in [6.07, 6.45) is 5.18. The molecule has 2 rings (SSSR count). The molecule has 1 unspecified atom stereocenters. The lowest BCUT2D eigenvalue weighted by molar-refractivity contribution is 0.208. The van der Waals surface area contributed by atoms with Crippen LogP contribution in [0.25, 0.3) is 0 Å². The standard InChI is InChI=1S/C11H14N4O/c1-3-8-6-12-5-4-9(8)11(16)10-7-13-14-15(10)2/h4-7,11,16H,3H2,1-2H3. The van der Waals surface area contributed by atoms with Crippen molar-refractivity contribution in [2.45, 2.75) is 19.4 Å². The monoisotopic (exact) mass is 218 g/mol. The zero-order valence-corrected chi connectivity index (χ0v) is 9.33. The van der Waals surface area contributed by atoms with Crippen molar-refractivity contribution in [2.24, 2.45) is 7.05 Å². The van der Waals surface area contributed by atoms with Gasteiger partial charge in [-0.25, -0.2) is 4.68 Å². The quantitative estimate of drug-likeness (QED) is 0.829. The number of hydrogen-bond acceptors (Lipinski definition) is 4. The molecule has 2 heterocycles. The molecule has 5 heteroatoms. The molecule has 16 heavy (non-hydrogen) atoms. The molecule has 0 aliphatic carbocycles. The van der Waals surface area contributed by atoms with Crippen molar-refractivity contribution in [1.82, 2.24) is 20.0 Å². The molecule has 0 aliphatic rings. The van der Waals surface area contributed by atoms with Gasteiger partial charge in [-0.05, 0) is 23.6 Å². The predicted molar refractivity (Wildman–Crippen MR) is 58.7 cm³/mol. The zero-order valence-electron chi connectivity index (χ0n) is 9.33. The summed E-state index contributed by atoms with van der Waals surface area (Å²) in [5.74, 6) is 0. The van der Waals surface area contributed by atoms with E-state index < -0.39 is 6.10 Å². The summed E-state index contributed by atoms with van der Waals surface area (Å²) in [5.41, 5.74) is 2.58. The molecule has 0 saturated carbocycles. The van der Waals surface area contributed by atoms with Gasteiger partial charge in [-0.1, -0.05) is 12.1 Å². The summed E-state index contributed by atoms with van der Waals surface area (Å²) in [7, 11) is 1.76. The second-order valence-electron chi connectivity index (χ2n) is 3.61. The van der Waals surface area contributed by atoms with Gasteiger partial charge in [-0.3, -0.25) is 4.98 Å². The summed E-state index contributed by atoms with van der Waals surface area (Å²) in [6.45, 7) is 2.04. The largest absolute Gasteiger partial charge is 0.382 e. The van der Waals surface area contributed by atoms with Crippen LogP contribution in [0.3, 0.4) is 0 Å². The van der Waals surface area contributed by atoms with Crippen molar-refractivity contribution in [3.8, 4) is 0 Å². The molecule has 0 aromatic carbocycles. The molecule has 0 fully saturated rings. The fourth-order valence-corrected chi connectivity index (χ4v) is 1.70. The Labute approximate surface area is 93.8 Å². The Morgan fingerprint density at radius 2 is 2.25 bits per heavy atom. The van der Waals surface area contributed by atoms with Crippen molar-refractivity contribution in [3.63, 3.8) is 0 Å². The normalized spacial score (nSPS) is 12.7. The van der Waals surface area contributed by atoms with E-state index in [-0.39, 0.29) is 0 Å². The number of nitrogens with zero attached hydrogens (tertiary/aromatic N) is 4. The van der Waals surface area contributed by atoms with Crippen LogP contribution in [0.1, 0.15) is 29.8 Å². The maximum atomic E-state index is 10.2. The van der Waals surface area contributed by atoms with E-state index in [1.54, 1.807) is 30.3 Å². The average Bonchev–Trinajstić information content (AvgIpc) is 2.74. The van der Waals surface area contributed by atoms with Gasteiger partial charge in [0.25, 0.3) is 0 Å². The molecular formula is C11H14N4O. The summed E-state index contributed by atoms with van der Waals surface area (Å²) < 4.78 is 1.57. The molecule has 1 atom stereocenters. The lowest BCUT2D eigenvalue weighted by atomic mass is 10.0. The fourth-order valence-electron chi connectivity index (χ4n) is 1.70. The van der Waals surface area contributed by atoms with E-state index >= 15 is 0 Å². The van der Waals surface area contributed by atoms with E-state index in [1.165, 1.54) is 0 Å². The lowest BCUT2D eigenvalue weighted by Gasteiger charge is -2.13. The molecule has 0 amide bonds. The van der Waals surface area contributed by atoms with Crippen molar-refractivity contribution >= 4 is 0 Å². The number of aryl methyl sites for hydroxylation is 2. The van der Waals surface area contributed by atoms with Gasteiger partial charge in [0.05, 0.1) is 11.9 Å². The molecule has 0 aliphatic heterocycles. The first-order chi connectivity index (χ1) is 7.74. The van der Waals surface area contributed by atoms with Crippen LogP contribution in [0.15, 0.2) is 24.7 Å². The molecule has 0 saturated heterocycles. The molecule has 0 bridgehead atoms. The number of aliphatic hydroxyl groups excluding tert-OH is 1. The summed E-state index contributed by atoms with van der Waals surface area (Å²) in [4.78, 5) is 4.05. The van der Waals surface area contributed by atoms with Crippen LogP contribution >= 0.6 is 0 Å². The molecular weight excluding hydrogens is 204 g/mol. The van der Waals surface area contributed by atoms with E-state index in [0.717, 1.165) is 17.5 Å². The lowest BCUT2D eigenvalue weighted by Crippen LogP contribution is -2.09. The third-order valence-corrected chi connectivity index (χ3v) is 2.65. The number of hydrogen-bond donors (Lipinski definition) is 1. The van der Waals surface area contributed by atoms with Gasteiger partial charge in [0, 0.05) is 19.4 Å². The van der Waals surface area contributed by atoms with Crippen molar-refractivity contribution in [2.75, 3.05) is 0 Å². The highest BCUT2D eigenvalue weighted by atomic mass is 16.3. The molecule has 0 spiro atoms. The highest BCUT2D eigenvalue weighted by Gasteiger charge is 2.17. The molecule has 5 nitrogen and oxygen atoms in total. The van der Waals surface area contributed by atoms with Crippen LogP contribution in [0, 0.1) is 0 Å². The van der Waals surface area contributed by atoms with Gasteiger partial charge < -0.3 is 5.11 Å². The van der Waals surface area contributed by atoms with Crippen LogP contribution in [0.5, 0.6) is 0 Å². The first-order valence-corrected chi connectivity index (χ1v) is 5.19. The van der Waals surface area contributed by atoms with Gasteiger partial charge in [0.2, 0.25) is 0 Å². The third-order valence-electron chi connectivity index (χ3n) is 2.65. The second-order valence-corrected chi connectivity index (χ2v) is 3.61. The minimum absolute atomic E-state index is 0.681. The number of aromatic nitrogens is 4. The summed E-state index contributed by atoms with van der Waals surface area (Å²) >= 11 is 0. The van der Waals surface area contributed by atoms with Gasteiger partial charge in [0.15, 0.2) is 0 Å². The maximum Gasteiger partial charge on any atom is 0.123 e. The van der Waals surface area contributed by atoms with E-state index in [0.29, 0.717) is 5.69 Å². The minimum atomic E-state index is -0.696. The predicted octanol–water partition coefficient (Wildman–Crippen LogP) is 0.854. The van der Waals surface area contributed by atoms with E-state index in [4.69, 9.17) is 0 Å². The number of rotatable bonds is 3. The zero-order chi connectivity index (χ0) is 11.5. The molecule has 2 aromatic rings. The molecule has 1 N–H and O–H groups in total. The SMILES string of the molecule is CCc1cnccc1C(O)c1cnnn1C. The number of aliphatic hydroxyl groups is 1. The Morgan fingerprint density at radius 3 is 2.88 bits per heavy atom.